The molecule has 1 unspecified atom stereocenters. The van der Waals surface area contributed by atoms with Crippen LogP contribution in [0.4, 0.5) is 0 Å². The van der Waals surface area contributed by atoms with E-state index < -0.39 is 0 Å². The summed E-state index contributed by atoms with van der Waals surface area (Å²) in [5.74, 6) is 1.04. The summed E-state index contributed by atoms with van der Waals surface area (Å²) in [5.41, 5.74) is 3.14. The molecule has 3 atom stereocenters. The lowest BCUT2D eigenvalue weighted by Gasteiger charge is -2.38. The summed E-state index contributed by atoms with van der Waals surface area (Å²) in [7, 11) is 0. The first kappa shape index (κ1) is 20.4. The molecule has 6 nitrogen and oxygen atoms in total. The Hall–Kier alpha value is -2.51. The molecule has 4 heterocycles. The Morgan fingerprint density at radius 2 is 1.97 bits per heavy atom. The molecule has 1 aromatic carbocycles. The number of rotatable bonds is 6. The fraction of sp³-hybridized carbons (Fsp3) is 0.458. The first-order valence-electron chi connectivity index (χ1n) is 11.1. The van der Waals surface area contributed by atoms with Gasteiger partial charge in [0.15, 0.2) is 0 Å². The molecule has 5 rings (SSSR count). The van der Waals surface area contributed by atoms with Crippen molar-refractivity contribution in [3.8, 4) is 10.9 Å². The number of aryl methyl sites for hydroxylation is 1. The second-order valence-corrected chi connectivity index (χ2v) is 9.70. The van der Waals surface area contributed by atoms with Crippen molar-refractivity contribution in [3.05, 3.63) is 47.8 Å². The van der Waals surface area contributed by atoms with Gasteiger partial charge in [-0.3, -0.25) is 9.78 Å². The molecule has 0 aliphatic carbocycles. The number of benzene rings is 1. The molecule has 1 amide bonds. The SMILES string of the molecule is CC(=O)N1[C@@H]2CC[C@H]1CC(NCCc1ccc(Oc3nc4cnc(C)cc4s3)cc1)C2. The Morgan fingerprint density at radius 1 is 1.23 bits per heavy atom. The van der Waals surface area contributed by atoms with Crippen LogP contribution in [0.15, 0.2) is 36.5 Å². The number of hydrogen-bond donors (Lipinski definition) is 1. The maximum atomic E-state index is 11.9. The largest absolute Gasteiger partial charge is 0.431 e. The van der Waals surface area contributed by atoms with Crippen molar-refractivity contribution >= 4 is 27.5 Å². The summed E-state index contributed by atoms with van der Waals surface area (Å²) < 4.78 is 7.04. The fourth-order valence-corrected chi connectivity index (χ4v) is 5.96. The molecule has 2 aliphatic rings. The van der Waals surface area contributed by atoms with Crippen LogP contribution in [-0.4, -0.2) is 45.4 Å². The van der Waals surface area contributed by atoms with E-state index in [9.17, 15) is 4.79 Å². The summed E-state index contributed by atoms with van der Waals surface area (Å²) in [4.78, 5) is 22.8. The van der Waals surface area contributed by atoms with E-state index in [1.165, 1.54) is 16.9 Å². The zero-order chi connectivity index (χ0) is 21.4. The van der Waals surface area contributed by atoms with Gasteiger partial charge in [-0.1, -0.05) is 23.5 Å². The topological polar surface area (TPSA) is 67.4 Å². The lowest BCUT2D eigenvalue weighted by atomic mass is 9.97. The average Bonchev–Trinajstić information content (AvgIpc) is 3.26. The highest BCUT2D eigenvalue weighted by Crippen LogP contribution is 2.36. The number of hydrogen-bond acceptors (Lipinski definition) is 6. The van der Waals surface area contributed by atoms with Gasteiger partial charge in [0.25, 0.3) is 5.19 Å². The molecule has 0 saturated carbocycles. The molecule has 7 heteroatoms. The minimum Gasteiger partial charge on any atom is -0.431 e. The van der Waals surface area contributed by atoms with Crippen LogP contribution in [0.2, 0.25) is 0 Å². The molecule has 3 aromatic rings. The number of ether oxygens (including phenoxy) is 1. The molecule has 1 N–H and O–H groups in total. The predicted molar refractivity (Wildman–Crippen MR) is 123 cm³/mol. The number of amides is 1. The number of carbonyl (C=O) groups excluding carboxylic acids is 1. The minimum atomic E-state index is 0.242. The third kappa shape index (κ3) is 4.43. The summed E-state index contributed by atoms with van der Waals surface area (Å²) in [6.45, 7) is 4.64. The number of thiazole rings is 1. The van der Waals surface area contributed by atoms with Gasteiger partial charge in [0, 0.05) is 30.7 Å². The van der Waals surface area contributed by atoms with Crippen LogP contribution in [0, 0.1) is 6.92 Å². The summed E-state index contributed by atoms with van der Waals surface area (Å²) >= 11 is 1.54. The zero-order valence-electron chi connectivity index (χ0n) is 18.0. The van der Waals surface area contributed by atoms with Gasteiger partial charge in [-0.25, -0.2) is 4.98 Å². The van der Waals surface area contributed by atoms with E-state index in [0.29, 0.717) is 23.3 Å². The summed E-state index contributed by atoms with van der Waals surface area (Å²) in [6, 6.07) is 11.7. The Balaban J connectivity index is 1.12. The van der Waals surface area contributed by atoms with Crippen LogP contribution in [0.3, 0.4) is 0 Å². The monoisotopic (exact) mass is 436 g/mol. The van der Waals surface area contributed by atoms with Gasteiger partial charge in [-0.05, 0) is 69.3 Å². The third-order valence-electron chi connectivity index (χ3n) is 6.46. The van der Waals surface area contributed by atoms with E-state index in [0.717, 1.165) is 60.3 Å². The van der Waals surface area contributed by atoms with Gasteiger partial charge >= 0.3 is 0 Å². The van der Waals surface area contributed by atoms with Gasteiger partial charge in [0.2, 0.25) is 5.91 Å². The van der Waals surface area contributed by atoms with E-state index in [1.54, 1.807) is 13.1 Å². The van der Waals surface area contributed by atoms with Crippen LogP contribution in [0.5, 0.6) is 10.9 Å². The normalized spacial score (nSPS) is 22.8. The molecular weight excluding hydrogens is 408 g/mol. The first-order valence-corrected chi connectivity index (χ1v) is 11.9. The molecule has 2 bridgehead atoms. The standard InChI is InChI=1S/C24H28N4O2S/c1-15-11-23-22(14-26-15)27-24(31-23)30-21-7-3-17(4-8-21)9-10-25-18-12-19-5-6-20(13-18)28(19)16(2)29/h3-4,7-8,11,14,18-20,25H,5-6,9-10,12-13H2,1-2H3/t18?,19-,20+. The van der Waals surface area contributed by atoms with Crippen molar-refractivity contribution in [1.82, 2.24) is 20.2 Å². The molecule has 31 heavy (non-hydrogen) atoms. The predicted octanol–water partition coefficient (Wildman–Crippen LogP) is 4.47. The molecule has 0 radical (unpaired) electrons. The number of aromatic nitrogens is 2. The number of carbonyl (C=O) groups is 1. The molecule has 162 valence electrons. The highest BCUT2D eigenvalue weighted by Gasteiger charge is 2.41. The Labute approximate surface area is 186 Å². The van der Waals surface area contributed by atoms with Crippen molar-refractivity contribution in [2.75, 3.05) is 6.54 Å². The molecule has 0 spiro atoms. The van der Waals surface area contributed by atoms with Crippen molar-refractivity contribution in [3.63, 3.8) is 0 Å². The molecule has 2 fully saturated rings. The first-order chi connectivity index (χ1) is 15.0. The molecule has 2 aliphatic heterocycles. The van der Waals surface area contributed by atoms with Gasteiger partial charge in [0.05, 0.1) is 10.9 Å². The van der Waals surface area contributed by atoms with Crippen LogP contribution in [0.1, 0.15) is 43.9 Å². The quantitative estimate of drug-likeness (QED) is 0.618. The minimum absolute atomic E-state index is 0.242. The van der Waals surface area contributed by atoms with Gasteiger partial charge in [-0.2, -0.15) is 0 Å². The van der Waals surface area contributed by atoms with Crippen molar-refractivity contribution in [1.29, 1.82) is 0 Å². The summed E-state index contributed by atoms with van der Waals surface area (Å²) in [6.07, 6.45) is 7.26. The molecular formula is C24H28N4O2S. The number of piperidine rings is 1. The number of nitrogens with one attached hydrogen (secondary N) is 1. The van der Waals surface area contributed by atoms with Crippen molar-refractivity contribution in [2.24, 2.45) is 0 Å². The lowest BCUT2D eigenvalue weighted by molar-refractivity contribution is -0.133. The maximum absolute atomic E-state index is 11.9. The summed E-state index contributed by atoms with van der Waals surface area (Å²) in [5, 5.41) is 4.36. The smallest absolute Gasteiger partial charge is 0.279 e. The Bertz CT molecular complexity index is 1070. The van der Waals surface area contributed by atoms with Crippen LogP contribution in [-0.2, 0) is 11.2 Å². The second kappa shape index (κ2) is 8.55. The van der Waals surface area contributed by atoms with Crippen LogP contribution in [0.25, 0.3) is 10.2 Å². The third-order valence-corrected chi connectivity index (χ3v) is 7.36. The highest BCUT2D eigenvalue weighted by atomic mass is 32.1. The maximum Gasteiger partial charge on any atom is 0.279 e. The van der Waals surface area contributed by atoms with Gasteiger partial charge < -0.3 is 15.0 Å². The number of fused-ring (bicyclic) bond motifs is 3. The van der Waals surface area contributed by atoms with Crippen LogP contribution >= 0.6 is 11.3 Å². The van der Waals surface area contributed by atoms with Gasteiger partial charge in [-0.15, -0.1) is 0 Å². The Morgan fingerprint density at radius 3 is 2.68 bits per heavy atom. The highest BCUT2D eigenvalue weighted by molar-refractivity contribution is 7.20. The second-order valence-electron chi connectivity index (χ2n) is 8.70. The lowest BCUT2D eigenvalue weighted by Crippen LogP contribution is -2.51. The fourth-order valence-electron chi connectivity index (χ4n) is 5.06. The van der Waals surface area contributed by atoms with Gasteiger partial charge in [0.1, 0.15) is 11.3 Å². The number of pyridine rings is 1. The average molecular weight is 437 g/mol. The van der Waals surface area contributed by atoms with E-state index in [-0.39, 0.29) is 5.91 Å². The van der Waals surface area contributed by atoms with Crippen molar-refractivity contribution in [2.45, 2.75) is 64.1 Å². The van der Waals surface area contributed by atoms with E-state index in [4.69, 9.17) is 4.74 Å². The number of nitrogens with zero attached hydrogens (tertiary/aromatic N) is 3. The van der Waals surface area contributed by atoms with Crippen LogP contribution < -0.4 is 10.1 Å². The zero-order valence-corrected chi connectivity index (χ0v) is 18.8. The van der Waals surface area contributed by atoms with E-state index >= 15 is 0 Å². The molecule has 2 saturated heterocycles. The van der Waals surface area contributed by atoms with E-state index in [1.807, 2.05) is 25.1 Å². The Kier molecular flexibility index (Phi) is 5.63. The van der Waals surface area contributed by atoms with E-state index in [2.05, 4.69) is 32.3 Å². The molecule has 2 aromatic heterocycles. The van der Waals surface area contributed by atoms with Crippen molar-refractivity contribution < 1.29 is 9.53 Å².